The molecule has 0 amide bonds. The number of anilines is 3. The first-order valence-electron chi connectivity index (χ1n) is 5.71. The van der Waals surface area contributed by atoms with Gasteiger partial charge in [0.1, 0.15) is 0 Å². The van der Waals surface area contributed by atoms with Crippen LogP contribution in [-0.4, -0.2) is 42.6 Å². The van der Waals surface area contributed by atoms with Crippen LogP contribution < -0.4 is 21.1 Å². The topological polar surface area (TPSA) is 83.2 Å². The van der Waals surface area contributed by atoms with Gasteiger partial charge in [0, 0.05) is 27.7 Å². The van der Waals surface area contributed by atoms with Crippen LogP contribution in [0.5, 0.6) is 0 Å². The number of nitrogens with two attached hydrogens (primary N) is 1. The molecular weight excluding hydrogens is 218 g/mol. The van der Waals surface area contributed by atoms with Crippen molar-refractivity contribution >= 4 is 17.8 Å². The van der Waals surface area contributed by atoms with Crippen molar-refractivity contribution in [3.63, 3.8) is 0 Å². The van der Waals surface area contributed by atoms with Crippen molar-refractivity contribution in [1.82, 2.24) is 15.0 Å². The molecular formula is C10H19N7. The zero-order valence-corrected chi connectivity index (χ0v) is 10.5. The molecule has 2 rings (SSSR count). The minimum absolute atomic E-state index is 0.390. The maximum absolute atomic E-state index is 5.36. The Hall–Kier alpha value is -1.63. The predicted octanol–water partition coefficient (Wildman–Crippen LogP) is 0.0694. The van der Waals surface area contributed by atoms with Crippen molar-refractivity contribution in [2.45, 2.75) is 12.8 Å². The number of nitrogen functional groups attached to an aromatic ring is 1. The SMILES string of the molecule is CN(C)c1nc(NN)nc(N(C)CC2CC2)n1. The highest BCUT2D eigenvalue weighted by molar-refractivity contribution is 5.43. The number of nitrogens with zero attached hydrogens (tertiary/aromatic N) is 5. The third-order valence-corrected chi connectivity index (χ3v) is 2.71. The van der Waals surface area contributed by atoms with Gasteiger partial charge in [-0.05, 0) is 18.8 Å². The second kappa shape index (κ2) is 4.70. The second-order valence-corrected chi connectivity index (χ2v) is 4.62. The molecule has 3 N–H and O–H groups in total. The number of hydrogen-bond donors (Lipinski definition) is 2. The Bertz CT molecular complexity index is 388. The first-order chi connectivity index (χ1) is 8.10. The fraction of sp³-hybridized carbons (Fsp3) is 0.700. The van der Waals surface area contributed by atoms with Gasteiger partial charge in [-0.15, -0.1) is 0 Å². The summed E-state index contributed by atoms with van der Waals surface area (Å²) >= 11 is 0. The molecule has 0 spiro atoms. The van der Waals surface area contributed by atoms with Crippen molar-refractivity contribution in [3.05, 3.63) is 0 Å². The minimum atomic E-state index is 0.390. The molecule has 0 aliphatic heterocycles. The Kier molecular flexibility index (Phi) is 3.28. The zero-order chi connectivity index (χ0) is 12.4. The van der Waals surface area contributed by atoms with E-state index < -0.39 is 0 Å². The van der Waals surface area contributed by atoms with Crippen LogP contribution in [0.15, 0.2) is 0 Å². The molecule has 94 valence electrons. The summed E-state index contributed by atoms with van der Waals surface area (Å²) < 4.78 is 0. The van der Waals surface area contributed by atoms with Crippen LogP contribution in [0.4, 0.5) is 17.8 Å². The fourth-order valence-electron chi connectivity index (χ4n) is 1.56. The molecule has 0 unspecified atom stereocenters. The lowest BCUT2D eigenvalue weighted by Gasteiger charge is -2.19. The average molecular weight is 237 g/mol. The van der Waals surface area contributed by atoms with Crippen molar-refractivity contribution in [2.24, 2.45) is 11.8 Å². The van der Waals surface area contributed by atoms with Crippen LogP contribution in [0.2, 0.25) is 0 Å². The van der Waals surface area contributed by atoms with Gasteiger partial charge in [-0.1, -0.05) is 0 Å². The lowest BCUT2D eigenvalue weighted by Crippen LogP contribution is -2.25. The molecule has 0 saturated heterocycles. The Balaban J connectivity index is 2.21. The Labute approximate surface area is 101 Å². The summed E-state index contributed by atoms with van der Waals surface area (Å²) in [5, 5.41) is 0. The quantitative estimate of drug-likeness (QED) is 0.554. The average Bonchev–Trinajstić information content (AvgIpc) is 3.12. The molecule has 7 heteroatoms. The Morgan fingerprint density at radius 1 is 1.18 bits per heavy atom. The van der Waals surface area contributed by atoms with E-state index in [1.165, 1.54) is 12.8 Å². The summed E-state index contributed by atoms with van der Waals surface area (Å²) in [7, 11) is 5.77. The standard InChI is InChI=1S/C10H19N7/c1-16(2)9-12-8(15-11)13-10(14-9)17(3)6-7-4-5-7/h7H,4-6,11H2,1-3H3,(H,12,13,14,15). The monoisotopic (exact) mass is 237 g/mol. The van der Waals surface area contributed by atoms with Gasteiger partial charge in [-0.2, -0.15) is 15.0 Å². The Morgan fingerprint density at radius 3 is 2.35 bits per heavy atom. The first-order valence-corrected chi connectivity index (χ1v) is 5.71. The molecule has 0 bridgehead atoms. The van der Waals surface area contributed by atoms with Crippen molar-refractivity contribution in [2.75, 3.05) is 42.9 Å². The molecule has 0 atom stereocenters. The van der Waals surface area contributed by atoms with E-state index in [2.05, 4.69) is 20.4 Å². The summed E-state index contributed by atoms with van der Waals surface area (Å²) in [6, 6.07) is 0. The summed E-state index contributed by atoms with van der Waals surface area (Å²) in [4.78, 5) is 16.7. The van der Waals surface area contributed by atoms with E-state index in [-0.39, 0.29) is 0 Å². The van der Waals surface area contributed by atoms with Gasteiger partial charge in [-0.3, -0.25) is 5.43 Å². The molecule has 0 aromatic carbocycles. The van der Waals surface area contributed by atoms with Crippen LogP contribution in [0.25, 0.3) is 0 Å². The summed E-state index contributed by atoms with van der Waals surface area (Å²) in [6.07, 6.45) is 2.61. The number of hydrazine groups is 1. The molecule has 1 aliphatic rings. The van der Waals surface area contributed by atoms with E-state index in [0.717, 1.165) is 12.5 Å². The lowest BCUT2D eigenvalue weighted by molar-refractivity contribution is 0.758. The molecule has 1 heterocycles. The van der Waals surface area contributed by atoms with Gasteiger partial charge in [0.2, 0.25) is 17.8 Å². The van der Waals surface area contributed by atoms with Crippen molar-refractivity contribution in [1.29, 1.82) is 0 Å². The molecule has 1 aromatic rings. The largest absolute Gasteiger partial charge is 0.347 e. The normalized spacial score (nSPS) is 14.6. The van der Waals surface area contributed by atoms with Gasteiger partial charge < -0.3 is 9.80 Å². The van der Waals surface area contributed by atoms with Gasteiger partial charge in [-0.25, -0.2) is 5.84 Å². The van der Waals surface area contributed by atoms with Crippen LogP contribution >= 0.6 is 0 Å². The molecule has 1 fully saturated rings. The van der Waals surface area contributed by atoms with Crippen molar-refractivity contribution < 1.29 is 0 Å². The number of nitrogens with one attached hydrogen (secondary N) is 1. The van der Waals surface area contributed by atoms with Gasteiger partial charge in [0.25, 0.3) is 0 Å². The van der Waals surface area contributed by atoms with Crippen LogP contribution in [-0.2, 0) is 0 Å². The highest BCUT2D eigenvalue weighted by atomic mass is 15.4. The third kappa shape index (κ3) is 2.94. The third-order valence-electron chi connectivity index (χ3n) is 2.71. The highest BCUT2D eigenvalue weighted by Crippen LogP contribution is 2.30. The number of aromatic nitrogens is 3. The number of rotatable bonds is 5. The highest BCUT2D eigenvalue weighted by Gasteiger charge is 2.24. The van der Waals surface area contributed by atoms with E-state index in [9.17, 15) is 0 Å². The van der Waals surface area contributed by atoms with Gasteiger partial charge in [0.05, 0.1) is 0 Å². The van der Waals surface area contributed by atoms with E-state index >= 15 is 0 Å². The smallest absolute Gasteiger partial charge is 0.243 e. The van der Waals surface area contributed by atoms with Crippen molar-refractivity contribution in [3.8, 4) is 0 Å². The fourth-order valence-corrected chi connectivity index (χ4v) is 1.56. The first kappa shape index (κ1) is 11.8. The minimum Gasteiger partial charge on any atom is -0.347 e. The van der Waals surface area contributed by atoms with E-state index in [1.54, 1.807) is 0 Å². The Morgan fingerprint density at radius 2 is 1.82 bits per heavy atom. The van der Waals surface area contributed by atoms with Crippen LogP contribution in [0.3, 0.4) is 0 Å². The lowest BCUT2D eigenvalue weighted by atomic mass is 10.4. The van der Waals surface area contributed by atoms with Gasteiger partial charge >= 0.3 is 0 Å². The molecule has 1 saturated carbocycles. The van der Waals surface area contributed by atoms with Crippen LogP contribution in [0, 0.1) is 5.92 Å². The number of hydrogen-bond acceptors (Lipinski definition) is 7. The van der Waals surface area contributed by atoms with Gasteiger partial charge in [0.15, 0.2) is 0 Å². The molecule has 1 aliphatic carbocycles. The molecule has 17 heavy (non-hydrogen) atoms. The zero-order valence-electron chi connectivity index (χ0n) is 10.5. The summed E-state index contributed by atoms with van der Waals surface area (Å²) in [5.74, 6) is 7.80. The maximum atomic E-state index is 5.36. The second-order valence-electron chi connectivity index (χ2n) is 4.62. The predicted molar refractivity (Wildman–Crippen MR) is 68.0 cm³/mol. The summed E-state index contributed by atoms with van der Waals surface area (Å²) in [6.45, 7) is 0.987. The molecule has 7 nitrogen and oxygen atoms in total. The van der Waals surface area contributed by atoms with E-state index in [1.807, 2.05) is 30.9 Å². The summed E-state index contributed by atoms with van der Waals surface area (Å²) in [5.41, 5.74) is 2.47. The van der Waals surface area contributed by atoms with Crippen LogP contribution in [0.1, 0.15) is 12.8 Å². The van der Waals surface area contributed by atoms with E-state index in [4.69, 9.17) is 5.84 Å². The maximum Gasteiger partial charge on any atom is 0.243 e. The van der Waals surface area contributed by atoms with E-state index in [0.29, 0.717) is 17.8 Å². The molecule has 0 radical (unpaired) electrons. The molecule has 1 aromatic heterocycles.